The average molecular weight is 328 g/mol. The van der Waals surface area contributed by atoms with Gasteiger partial charge in [0.25, 0.3) is 0 Å². The summed E-state index contributed by atoms with van der Waals surface area (Å²) in [7, 11) is 0. The van der Waals surface area contributed by atoms with Gasteiger partial charge < -0.3 is 9.80 Å². The van der Waals surface area contributed by atoms with Crippen molar-refractivity contribution < 1.29 is 9.59 Å². The summed E-state index contributed by atoms with van der Waals surface area (Å²) >= 11 is 0. The third-order valence-electron chi connectivity index (χ3n) is 4.14. The van der Waals surface area contributed by atoms with Crippen LogP contribution in [0.2, 0.25) is 0 Å². The van der Waals surface area contributed by atoms with Crippen molar-refractivity contribution in [2.45, 2.75) is 33.1 Å². The van der Waals surface area contributed by atoms with Crippen molar-refractivity contribution in [1.82, 2.24) is 9.80 Å². The highest BCUT2D eigenvalue weighted by atomic mass is 16.2. The Labute approximate surface area is 145 Å². The molecule has 1 saturated heterocycles. The quantitative estimate of drug-likeness (QED) is 0.735. The number of hydrogen-bond acceptors (Lipinski definition) is 2. The highest BCUT2D eigenvalue weighted by Crippen LogP contribution is 2.11. The largest absolute Gasteiger partial charge is 0.342 e. The van der Waals surface area contributed by atoms with Gasteiger partial charge in [0.15, 0.2) is 0 Å². The molecule has 0 radical (unpaired) electrons. The maximum Gasteiger partial charge on any atom is 0.224 e. The van der Waals surface area contributed by atoms with Gasteiger partial charge in [-0.05, 0) is 17.9 Å². The Hall–Kier alpha value is -2.10. The van der Waals surface area contributed by atoms with Crippen LogP contribution in [-0.4, -0.2) is 47.8 Å². The van der Waals surface area contributed by atoms with E-state index in [1.54, 1.807) is 0 Å². The molecule has 0 aliphatic carbocycles. The molecule has 24 heavy (non-hydrogen) atoms. The number of carbonyl (C=O) groups is 2. The molecule has 1 aromatic rings. The minimum atomic E-state index is 0.126. The van der Waals surface area contributed by atoms with Crippen molar-refractivity contribution in [3.05, 3.63) is 42.0 Å². The van der Waals surface area contributed by atoms with Crippen molar-refractivity contribution in [3.63, 3.8) is 0 Å². The first-order valence-corrected chi connectivity index (χ1v) is 8.83. The zero-order valence-electron chi connectivity index (χ0n) is 14.8. The van der Waals surface area contributed by atoms with Crippen LogP contribution in [0.15, 0.2) is 36.4 Å². The lowest BCUT2D eigenvalue weighted by Gasteiger charge is -2.24. The van der Waals surface area contributed by atoms with Gasteiger partial charge in [-0.3, -0.25) is 9.59 Å². The Balaban J connectivity index is 1.87. The summed E-state index contributed by atoms with van der Waals surface area (Å²) in [6.45, 7) is 6.93. The molecular formula is C20H28N2O2. The fourth-order valence-corrected chi connectivity index (χ4v) is 2.93. The van der Waals surface area contributed by atoms with Crippen LogP contribution in [0.4, 0.5) is 0 Å². The van der Waals surface area contributed by atoms with E-state index < -0.39 is 0 Å². The van der Waals surface area contributed by atoms with Gasteiger partial charge in [0.05, 0.1) is 0 Å². The minimum absolute atomic E-state index is 0.126. The Bertz CT molecular complexity index is 566. The molecule has 130 valence electrons. The topological polar surface area (TPSA) is 40.6 Å². The molecule has 2 amide bonds. The normalized spacial score (nSPS) is 14.8. The monoisotopic (exact) mass is 328 g/mol. The van der Waals surface area contributed by atoms with Crippen molar-refractivity contribution in [3.8, 4) is 0 Å². The maximum absolute atomic E-state index is 12.5. The van der Waals surface area contributed by atoms with E-state index in [1.165, 1.54) is 0 Å². The van der Waals surface area contributed by atoms with E-state index in [-0.39, 0.29) is 11.8 Å². The molecule has 0 spiro atoms. The summed E-state index contributed by atoms with van der Waals surface area (Å²) in [5, 5.41) is 0. The molecule has 0 unspecified atom stereocenters. The van der Waals surface area contributed by atoms with E-state index in [0.717, 1.165) is 25.1 Å². The number of carbonyl (C=O) groups excluding carboxylic acids is 2. The summed E-state index contributed by atoms with van der Waals surface area (Å²) in [6.07, 6.45) is 6.05. The third-order valence-corrected chi connectivity index (χ3v) is 4.14. The van der Waals surface area contributed by atoms with Gasteiger partial charge >= 0.3 is 0 Å². The van der Waals surface area contributed by atoms with Crippen LogP contribution in [0.25, 0.3) is 6.08 Å². The zero-order chi connectivity index (χ0) is 17.4. The van der Waals surface area contributed by atoms with Crippen LogP contribution in [0.5, 0.6) is 0 Å². The fraction of sp³-hybridized carbons (Fsp3) is 0.500. The summed E-state index contributed by atoms with van der Waals surface area (Å²) in [5.74, 6) is 0.732. The van der Waals surface area contributed by atoms with Crippen LogP contribution < -0.4 is 0 Å². The summed E-state index contributed by atoms with van der Waals surface area (Å²) in [5.41, 5.74) is 1.14. The average Bonchev–Trinajstić information content (AvgIpc) is 2.97. The van der Waals surface area contributed by atoms with Gasteiger partial charge in [-0.1, -0.05) is 56.3 Å². The van der Waals surface area contributed by atoms with Gasteiger partial charge in [-0.2, -0.15) is 0 Å². The lowest BCUT2D eigenvalue weighted by Crippen LogP contribution is -2.37. The zero-order valence-corrected chi connectivity index (χ0v) is 14.8. The minimum Gasteiger partial charge on any atom is -0.342 e. The van der Waals surface area contributed by atoms with E-state index in [4.69, 9.17) is 0 Å². The van der Waals surface area contributed by atoms with E-state index in [0.29, 0.717) is 31.8 Å². The Kier molecular flexibility index (Phi) is 7.04. The predicted molar refractivity (Wildman–Crippen MR) is 97.3 cm³/mol. The fourth-order valence-electron chi connectivity index (χ4n) is 2.93. The van der Waals surface area contributed by atoms with Crippen molar-refractivity contribution in [1.29, 1.82) is 0 Å². The number of benzene rings is 1. The van der Waals surface area contributed by atoms with Crippen LogP contribution in [0.1, 0.15) is 38.7 Å². The Morgan fingerprint density at radius 1 is 1.29 bits per heavy atom. The molecule has 0 N–H and O–H groups in total. The second-order valence-corrected chi connectivity index (χ2v) is 6.74. The molecule has 4 heteroatoms. The molecule has 1 fully saturated rings. The summed E-state index contributed by atoms with van der Waals surface area (Å²) in [6, 6.07) is 10.1. The molecule has 0 bridgehead atoms. The molecule has 2 rings (SSSR count). The van der Waals surface area contributed by atoms with Crippen LogP contribution in [-0.2, 0) is 9.59 Å². The first-order valence-electron chi connectivity index (χ1n) is 8.83. The van der Waals surface area contributed by atoms with Gasteiger partial charge in [0.2, 0.25) is 11.8 Å². The molecule has 1 aromatic carbocycles. The Morgan fingerprint density at radius 3 is 2.67 bits per heavy atom. The maximum atomic E-state index is 12.5. The van der Waals surface area contributed by atoms with Gasteiger partial charge in [0.1, 0.15) is 0 Å². The van der Waals surface area contributed by atoms with Gasteiger partial charge in [-0.15, -0.1) is 0 Å². The van der Waals surface area contributed by atoms with E-state index in [2.05, 4.69) is 13.8 Å². The van der Waals surface area contributed by atoms with Crippen molar-refractivity contribution in [2.24, 2.45) is 5.92 Å². The molecular weight excluding hydrogens is 300 g/mol. The molecule has 1 aliphatic heterocycles. The van der Waals surface area contributed by atoms with Gasteiger partial charge in [-0.25, -0.2) is 0 Å². The highest BCUT2D eigenvalue weighted by molar-refractivity contribution is 5.80. The molecule has 0 saturated carbocycles. The number of nitrogens with zero attached hydrogens (tertiary/aromatic N) is 2. The number of rotatable bonds is 8. The first-order chi connectivity index (χ1) is 11.6. The van der Waals surface area contributed by atoms with Crippen LogP contribution in [0.3, 0.4) is 0 Å². The second-order valence-electron chi connectivity index (χ2n) is 6.74. The Morgan fingerprint density at radius 2 is 2.04 bits per heavy atom. The lowest BCUT2D eigenvalue weighted by molar-refractivity contribution is -0.132. The van der Waals surface area contributed by atoms with Crippen LogP contribution in [0, 0.1) is 5.92 Å². The molecule has 1 aliphatic rings. The van der Waals surface area contributed by atoms with E-state index >= 15 is 0 Å². The smallest absolute Gasteiger partial charge is 0.224 e. The van der Waals surface area contributed by atoms with Crippen molar-refractivity contribution >= 4 is 17.9 Å². The standard InChI is InChI=1S/C20H28N2O2/c1-17(2)16-22(14-6-10-18-8-4-3-5-9-18)20(24)12-15-21-13-7-11-19(21)23/h3-6,8-10,17H,7,11-16H2,1-2H3/b10-6+. The summed E-state index contributed by atoms with van der Waals surface area (Å²) < 4.78 is 0. The van der Waals surface area contributed by atoms with E-state index in [9.17, 15) is 9.59 Å². The second kappa shape index (κ2) is 9.26. The first kappa shape index (κ1) is 18.2. The van der Waals surface area contributed by atoms with Gasteiger partial charge in [0, 0.05) is 39.0 Å². The summed E-state index contributed by atoms with van der Waals surface area (Å²) in [4.78, 5) is 27.9. The number of amides is 2. The highest BCUT2D eigenvalue weighted by Gasteiger charge is 2.22. The SMILES string of the molecule is CC(C)CN(C/C=C/c1ccccc1)C(=O)CCN1CCCC1=O. The molecule has 1 heterocycles. The van der Waals surface area contributed by atoms with Crippen molar-refractivity contribution in [2.75, 3.05) is 26.2 Å². The van der Waals surface area contributed by atoms with E-state index in [1.807, 2.05) is 52.3 Å². The van der Waals surface area contributed by atoms with Crippen LogP contribution >= 0.6 is 0 Å². The molecule has 0 atom stereocenters. The molecule has 4 nitrogen and oxygen atoms in total. The number of hydrogen-bond donors (Lipinski definition) is 0. The predicted octanol–water partition coefficient (Wildman–Crippen LogP) is 3.20. The molecule has 0 aromatic heterocycles. The lowest BCUT2D eigenvalue weighted by atomic mass is 10.2. The third kappa shape index (κ3) is 5.84. The number of likely N-dealkylation sites (tertiary alicyclic amines) is 1.